The van der Waals surface area contributed by atoms with Crippen molar-refractivity contribution in [3.05, 3.63) is 64.7 Å². The summed E-state index contributed by atoms with van der Waals surface area (Å²) in [6.45, 7) is 7.94. The average molecular weight is 354 g/mol. The Labute approximate surface area is 150 Å². The maximum atomic E-state index is 6.15. The lowest BCUT2D eigenvalue weighted by molar-refractivity contribution is 0.305. The van der Waals surface area contributed by atoms with Gasteiger partial charge in [0.2, 0.25) is 0 Å². The molecule has 0 spiro atoms. The molecule has 2 aromatic rings. The lowest BCUT2D eigenvalue weighted by atomic mass is 10.0. The molecule has 2 rings (SSSR count). The molecule has 0 unspecified atom stereocenters. The minimum Gasteiger partial charge on any atom is -0.489 e. The van der Waals surface area contributed by atoms with Crippen molar-refractivity contribution >= 4 is 24.0 Å². The van der Waals surface area contributed by atoms with Crippen LogP contribution in [-0.4, -0.2) is 5.54 Å². The van der Waals surface area contributed by atoms with Crippen LogP contribution in [0.25, 0.3) is 0 Å². The molecule has 23 heavy (non-hydrogen) atoms. The Balaban J connectivity index is 0.00000264. The first kappa shape index (κ1) is 19.8. The Morgan fingerprint density at radius 2 is 1.83 bits per heavy atom. The Kier molecular flexibility index (Phi) is 7.90. The van der Waals surface area contributed by atoms with Gasteiger partial charge in [-0.1, -0.05) is 48.9 Å². The minimum atomic E-state index is 0. The van der Waals surface area contributed by atoms with Crippen LogP contribution in [0.1, 0.15) is 38.3 Å². The summed E-state index contributed by atoms with van der Waals surface area (Å²) in [5.41, 5.74) is 2.37. The first-order valence-electron chi connectivity index (χ1n) is 7.70. The van der Waals surface area contributed by atoms with Crippen molar-refractivity contribution in [2.75, 3.05) is 0 Å². The van der Waals surface area contributed by atoms with E-state index in [0.717, 1.165) is 29.3 Å². The van der Waals surface area contributed by atoms with Crippen LogP contribution >= 0.6 is 24.0 Å². The third-order valence-corrected chi connectivity index (χ3v) is 4.27. The van der Waals surface area contributed by atoms with E-state index in [0.29, 0.717) is 6.61 Å². The summed E-state index contributed by atoms with van der Waals surface area (Å²) >= 11 is 6.15. The van der Waals surface area contributed by atoms with Gasteiger partial charge in [0.1, 0.15) is 12.4 Å². The molecule has 0 radical (unpaired) electrons. The number of ether oxygens (including phenoxy) is 1. The number of hydrogen-bond acceptors (Lipinski definition) is 2. The molecule has 2 aromatic carbocycles. The summed E-state index contributed by atoms with van der Waals surface area (Å²) in [6, 6.07) is 16.0. The Bertz CT molecular complexity index is 614. The van der Waals surface area contributed by atoms with Crippen molar-refractivity contribution in [1.82, 2.24) is 5.32 Å². The van der Waals surface area contributed by atoms with E-state index in [1.807, 2.05) is 36.4 Å². The quantitative estimate of drug-likeness (QED) is 0.697. The van der Waals surface area contributed by atoms with E-state index in [9.17, 15) is 0 Å². The third-order valence-electron chi connectivity index (χ3n) is 3.91. The van der Waals surface area contributed by atoms with E-state index in [-0.39, 0.29) is 17.9 Å². The highest BCUT2D eigenvalue weighted by atomic mass is 35.5. The Morgan fingerprint density at radius 1 is 1.09 bits per heavy atom. The van der Waals surface area contributed by atoms with Crippen LogP contribution in [0.2, 0.25) is 5.02 Å². The zero-order chi connectivity index (χ0) is 16.0. The molecule has 0 fully saturated rings. The number of halogens is 2. The number of benzene rings is 2. The lowest BCUT2D eigenvalue weighted by Crippen LogP contribution is -2.37. The highest BCUT2D eigenvalue weighted by Crippen LogP contribution is 2.20. The summed E-state index contributed by atoms with van der Waals surface area (Å²) in [5, 5.41) is 4.30. The van der Waals surface area contributed by atoms with Crippen molar-refractivity contribution in [2.45, 2.75) is 45.9 Å². The van der Waals surface area contributed by atoms with Gasteiger partial charge in [-0.25, -0.2) is 0 Å². The maximum absolute atomic E-state index is 6.15. The van der Waals surface area contributed by atoms with Crippen LogP contribution in [-0.2, 0) is 13.2 Å². The molecule has 0 bridgehead atoms. The monoisotopic (exact) mass is 353 g/mol. The second kappa shape index (κ2) is 9.17. The molecule has 0 saturated carbocycles. The molecule has 1 N–H and O–H groups in total. The molecular weight excluding hydrogens is 329 g/mol. The van der Waals surface area contributed by atoms with Gasteiger partial charge in [0.15, 0.2) is 0 Å². The largest absolute Gasteiger partial charge is 0.489 e. The molecule has 0 heterocycles. The van der Waals surface area contributed by atoms with Gasteiger partial charge in [-0.15, -0.1) is 12.4 Å². The van der Waals surface area contributed by atoms with E-state index < -0.39 is 0 Å². The van der Waals surface area contributed by atoms with Crippen LogP contribution in [0.15, 0.2) is 48.5 Å². The fraction of sp³-hybridized carbons (Fsp3) is 0.368. The number of nitrogens with one attached hydrogen (secondary N) is 1. The SMILES string of the molecule is CCC(C)(C)NCc1cccc(OCc2ccccc2Cl)c1.Cl. The second-order valence-electron chi connectivity index (χ2n) is 6.12. The van der Waals surface area contributed by atoms with Gasteiger partial charge in [-0.2, -0.15) is 0 Å². The molecule has 0 aliphatic carbocycles. The molecule has 0 aliphatic rings. The molecule has 0 aromatic heterocycles. The lowest BCUT2D eigenvalue weighted by Gasteiger charge is -2.24. The second-order valence-corrected chi connectivity index (χ2v) is 6.53. The van der Waals surface area contributed by atoms with E-state index in [1.54, 1.807) is 0 Å². The Morgan fingerprint density at radius 3 is 2.52 bits per heavy atom. The predicted octanol–water partition coefficient (Wildman–Crippen LogP) is 5.62. The van der Waals surface area contributed by atoms with Crippen molar-refractivity contribution < 1.29 is 4.74 Å². The van der Waals surface area contributed by atoms with E-state index in [2.05, 4.69) is 38.2 Å². The summed E-state index contributed by atoms with van der Waals surface area (Å²) in [6.07, 6.45) is 1.09. The topological polar surface area (TPSA) is 21.3 Å². The Hall–Kier alpha value is -1.22. The number of rotatable bonds is 7. The van der Waals surface area contributed by atoms with E-state index in [1.165, 1.54) is 5.56 Å². The summed E-state index contributed by atoms with van der Waals surface area (Å²) < 4.78 is 5.86. The first-order chi connectivity index (χ1) is 10.5. The highest BCUT2D eigenvalue weighted by Gasteiger charge is 2.13. The first-order valence-corrected chi connectivity index (χ1v) is 8.08. The number of hydrogen-bond donors (Lipinski definition) is 1. The van der Waals surface area contributed by atoms with Gasteiger partial charge in [0.25, 0.3) is 0 Å². The van der Waals surface area contributed by atoms with E-state index >= 15 is 0 Å². The van der Waals surface area contributed by atoms with Gasteiger partial charge in [-0.3, -0.25) is 0 Å². The smallest absolute Gasteiger partial charge is 0.120 e. The predicted molar refractivity (Wildman–Crippen MR) is 101 cm³/mol. The van der Waals surface area contributed by atoms with Crippen LogP contribution in [0.5, 0.6) is 5.75 Å². The van der Waals surface area contributed by atoms with Gasteiger partial charge < -0.3 is 10.1 Å². The van der Waals surface area contributed by atoms with Crippen molar-refractivity contribution in [3.63, 3.8) is 0 Å². The van der Waals surface area contributed by atoms with Gasteiger partial charge >= 0.3 is 0 Å². The van der Waals surface area contributed by atoms with Crippen molar-refractivity contribution in [1.29, 1.82) is 0 Å². The van der Waals surface area contributed by atoms with Gasteiger partial charge in [-0.05, 0) is 44.0 Å². The van der Waals surface area contributed by atoms with Crippen LogP contribution in [0.4, 0.5) is 0 Å². The zero-order valence-electron chi connectivity index (χ0n) is 13.9. The molecule has 4 heteroatoms. The van der Waals surface area contributed by atoms with Crippen molar-refractivity contribution in [3.8, 4) is 5.75 Å². The molecule has 0 saturated heterocycles. The zero-order valence-corrected chi connectivity index (χ0v) is 15.5. The van der Waals surface area contributed by atoms with Crippen LogP contribution < -0.4 is 10.1 Å². The van der Waals surface area contributed by atoms with Gasteiger partial charge in [0.05, 0.1) is 0 Å². The molecule has 2 nitrogen and oxygen atoms in total. The summed E-state index contributed by atoms with van der Waals surface area (Å²) in [4.78, 5) is 0. The molecule has 0 amide bonds. The van der Waals surface area contributed by atoms with Crippen LogP contribution in [0, 0.1) is 0 Å². The highest BCUT2D eigenvalue weighted by molar-refractivity contribution is 6.31. The fourth-order valence-corrected chi connectivity index (χ4v) is 2.18. The minimum absolute atomic E-state index is 0. The summed E-state index contributed by atoms with van der Waals surface area (Å²) in [7, 11) is 0. The van der Waals surface area contributed by atoms with Gasteiger partial charge in [0, 0.05) is 22.7 Å². The maximum Gasteiger partial charge on any atom is 0.120 e. The molecular formula is C19H25Cl2NO. The standard InChI is InChI=1S/C19H24ClNO.ClH/c1-4-19(2,3)21-13-15-8-7-10-17(12-15)22-14-16-9-5-6-11-18(16)20;/h5-12,21H,4,13-14H2,1-3H3;1H. The average Bonchev–Trinajstić information content (AvgIpc) is 2.53. The third kappa shape index (κ3) is 6.42. The molecule has 126 valence electrons. The summed E-state index contributed by atoms with van der Waals surface area (Å²) in [5.74, 6) is 0.869. The normalized spacial score (nSPS) is 11.0. The fourth-order valence-electron chi connectivity index (χ4n) is 1.99. The van der Waals surface area contributed by atoms with Crippen LogP contribution in [0.3, 0.4) is 0 Å². The van der Waals surface area contributed by atoms with E-state index in [4.69, 9.17) is 16.3 Å². The molecule has 0 atom stereocenters. The molecule has 0 aliphatic heterocycles. The van der Waals surface area contributed by atoms with Crippen molar-refractivity contribution in [2.24, 2.45) is 0 Å².